The predicted molar refractivity (Wildman–Crippen MR) is 58.8 cm³/mol. The molecule has 0 fully saturated rings. The molecule has 2 aromatic rings. The van der Waals surface area contributed by atoms with Crippen LogP contribution in [0.1, 0.15) is 35.4 Å². The number of carbonyl (C=O) groups is 1. The molecular formula is C11H13N3O3. The highest BCUT2D eigenvalue weighted by Crippen LogP contribution is 2.09. The van der Waals surface area contributed by atoms with Gasteiger partial charge in [0.2, 0.25) is 0 Å². The van der Waals surface area contributed by atoms with Crippen molar-refractivity contribution in [1.82, 2.24) is 14.7 Å². The summed E-state index contributed by atoms with van der Waals surface area (Å²) in [6.45, 7) is 2.53. The fourth-order valence-corrected chi connectivity index (χ4v) is 1.59. The molecule has 2 heterocycles. The predicted octanol–water partition coefficient (Wildman–Crippen LogP) is 1.57. The molecule has 0 radical (unpaired) electrons. The third kappa shape index (κ3) is 2.52. The lowest BCUT2D eigenvalue weighted by Gasteiger charge is -2.03. The highest BCUT2D eigenvalue weighted by Gasteiger charge is 2.12. The smallest absolute Gasteiger partial charge is 0.358 e. The Balaban J connectivity index is 2.13. The lowest BCUT2D eigenvalue weighted by molar-refractivity contribution is 0.0685. The van der Waals surface area contributed by atoms with Crippen LogP contribution in [-0.2, 0) is 13.0 Å². The molecular weight excluding hydrogens is 222 g/mol. The summed E-state index contributed by atoms with van der Waals surface area (Å²) >= 11 is 0. The summed E-state index contributed by atoms with van der Waals surface area (Å²) in [6, 6.07) is 1.43. The standard InChI is InChI=1S/C11H13N3O3/c1-2-3-10-12-4-5-14(10)7-8-6-9(11(15)16)13-17-8/h4-6H,2-3,7H2,1H3,(H,15,16). The lowest BCUT2D eigenvalue weighted by Crippen LogP contribution is -2.03. The monoisotopic (exact) mass is 235 g/mol. The fourth-order valence-electron chi connectivity index (χ4n) is 1.59. The summed E-state index contributed by atoms with van der Waals surface area (Å²) < 4.78 is 6.88. The molecule has 0 aliphatic rings. The maximum atomic E-state index is 10.6. The zero-order valence-corrected chi connectivity index (χ0v) is 9.46. The second kappa shape index (κ2) is 4.82. The first-order valence-corrected chi connectivity index (χ1v) is 5.39. The molecule has 0 amide bonds. The molecule has 0 saturated carbocycles. The van der Waals surface area contributed by atoms with Gasteiger partial charge in [-0.1, -0.05) is 12.1 Å². The number of hydrogen-bond acceptors (Lipinski definition) is 4. The van der Waals surface area contributed by atoms with Gasteiger partial charge in [0.1, 0.15) is 5.82 Å². The van der Waals surface area contributed by atoms with Gasteiger partial charge in [0.05, 0.1) is 6.54 Å². The van der Waals surface area contributed by atoms with Crippen LogP contribution >= 0.6 is 0 Å². The van der Waals surface area contributed by atoms with Crippen LogP contribution in [0.15, 0.2) is 23.0 Å². The summed E-state index contributed by atoms with van der Waals surface area (Å²) in [5.41, 5.74) is -0.0721. The molecule has 1 N–H and O–H groups in total. The molecule has 6 heteroatoms. The first-order valence-electron chi connectivity index (χ1n) is 5.39. The number of rotatable bonds is 5. The third-order valence-electron chi connectivity index (χ3n) is 2.38. The minimum atomic E-state index is -1.08. The van der Waals surface area contributed by atoms with Crippen molar-refractivity contribution >= 4 is 5.97 Å². The van der Waals surface area contributed by atoms with E-state index in [1.54, 1.807) is 6.20 Å². The number of nitrogens with zero attached hydrogens (tertiary/aromatic N) is 3. The minimum absolute atomic E-state index is 0.0721. The summed E-state index contributed by atoms with van der Waals surface area (Å²) in [5.74, 6) is 0.387. The molecule has 0 aromatic carbocycles. The van der Waals surface area contributed by atoms with Crippen molar-refractivity contribution < 1.29 is 14.4 Å². The maximum Gasteiger partial charge on any atom is 0.358 e. The van der Waals surface area contributed by atoms with Crippen LogP contribution < -0.4 is 0 Å². The quantitative estimate of drug-likeness (QED) is 0.850. The van der Waals surface area contributed by atoms with Crippen LogP contribution in [0.3, 0.4) is 0 Å². The highest BCUT2D eigenvalue weighted by molar-refractivity contribution is 5.85. The number of carboxylic acid groups (broad SMARTS) is 1. The SMILES string of the molecule is CCCc1nccn1Cc1cc(C(=O)O)no1. The lowest BCUT2D eigenvalue weighted by atomic mass is 10.3. The van der Waals surface area contributed by atoms with E-state index in [2.05, 4.69) is 17.1 Å². The van der Waals surface area contributed by atoms with Crippen molar-refractivity contribution in [3.8, 4) is 0 Å². The Hall–Kier alpha value is -2.11. The Morgan fingerprint density at radius 3 is 3.06 bits per heavy atom. The van der Waals surface area contributed by atoms with Gasteiger partial charge in [-0.3, -0.25) is 0 Å². The van der Waals surface area contributed by atoms with Crippen LogP contribution in [0.5, 0.6) is 0 Å². The van der Waals surface area contributed by atoms with Gasteiger partial charge in [-0.2, -0.15) is 0 Å². The Labute approximate surface area is 97.9 Å². The van der Waals surface area contributed by atoms with E-state index in [0.29, 0.717) is 12.3 Å². The summed E-state index contributed by atoms with van der Waals surface area (Å²) in [7, 11) is 0. The van der Waals surface area contributed by atoms with Crippen molar-refractivity contribution in [2.24, 2.45) is 0 Å². The Morgan fingerprint density at radius 2 is 2.41 bits per heavy atom. The van der Waals surface area contributed by atoms with E-state index >= 15 is 0 Å². The molecule has 2 rings (SSSR count). The average Bonchev–Trinajstić information content (AvgIpc) is 2.90. The van der Waals surface area contributed by atoms with E-state index < -0.39 is 5.97 Å². The number of aromatic nitrogens is 3. The van der Waals surface area contributed by atoms with Crippen LogP contribution in [0.4, 0.5) is 0 Å². The summed E-state index contributed by atoms with van der Waals surface area (Å²) in [6.07, 6.45) is 5.45. The van der Waals surface area contributed by atoms with E-state index in [1.165, 1.54) is 6.07 Å². The van der Waals surface area contributed by atoms with Gasteiger partial charge in [-0.15, -0.1) is 0 Å². The molecule has 17 heavy (non-hydrogen) atoms. The maximum absolute atomic E-state index is 10.6. The first kappa shape index (κ1) is 11.4. The van der Waals surface area contributed by atoms with Crippen LogP contribution in [-0.4, -0.2) is 25.8 Å². The van der Waals surface area contributed by atoms with E-state index in [-0.39, 0.29) is 5.69 Å². The van der Waals surface area contributed by atoms with E-state index in [1.807, 2.05) is 10.8 Å². The zero-order valence-electron chi connectivity index (χ0n) is 9.46. The second-order valence-electron chi connectivity index (χ2n) is 3.70. The molecule has 0 bridgehead atoms. The van der Waals surface area contributed by atoms with Gasteiger partial charge in [0, 0.05) is 24.9 Å². The number of aryl methyl sites for hydroxylation is 1. The second-order valence-corrected chi connectivity index (χ2v) is 3.70. The Bertz CT molecular complexity index is 516. The molecule has 0 atom stereocenters. The number of hydrogen-bond donors (Lipinski definition) is 1. The first-order chi connectivity index (χ1) is 8.20. The molecule has 0 saturated heterocycles. The van der Waals surface area contributed by atoms with Crippen LogP contribution in [0.2, 0.25) is 0 Å². The van der Waals surface area contributed by atoms with E-state index in [9.17, 15) is 4.79 Å². The van der Waals surface area contributed by atoms with Gasteiger partial charge in [0.25, 0.3) is 0 Å². The van der Waals surface area contributed by atoms with E-state index in [4.69, 9.17) is 9.63 Å². The minimum Gasteiger partial charge on any atom is -0.476 e. The molecule has 6 nitrogen and oxygen atoms in total. The van der Waals surface area contributed by atoms with Crippen molar-refractivity contribution in [2.75, 3.05) is 0 Å². The van der Waals surface area contributed by atoms with Crippen molar-refractivity contribution in [3.05, 3.63) is 35.7 Å². The molecule has 0 unspecified atom stereocenters. The van der Waals surface area contributed by atoms with Gasteiger partial charge in [-0.25, -0.2) is 9.78 Å². The van der Waals surface area contributed by atoms with Crippen molar-refractivity contribution in [1.29, 1.82) is 0 Å². The molecule has 0 aliphatic heterocycles. The van der Waals surface area contributed by atoms with E-state index in [0.717, 1.165) is 18.7 Å². The number of carboxylic acids is 1. The molecule has 0 aliphatic carbocycles. The Kier molecular flexibility index (Phi) is 3.22. The topological polar surface area (TPSA) is 81.2 Å². The summed E-state index contributed by atoms with van der Waals surface area (Å²) in [5, 5.41) is 12.2. The zero-order chi connectivity index (χ0) is 12.3. The third-order valence-corrected chi connectivity index (χ3v) is 2.38. The molecule has 0 spiro atoms. The summed E-state index contributed by atoms with van der Waals surface area (Å²) in [4.78, 5) is 14.9. The van der Waals surface area contributed by atoms with Crippen molar-refractivity contribution in [3.63, 3.8) is 0 Å². The molecule has 2 aromatic heterocycles. The average molecular weight is 235 g/mol. The van der Waals surface area contributed by atoms with Gasteiger partial charge < -0.3 is 14.2 Å². The number of aromatic carboxylic acids is 1. The van der Waals surface area contributed by atoms with Crippen LogP contribution in [0.25, 0.3) is 0 Å². The normalized spacial score (nSPS) is 10.6. The van der Waals surface area contributed by atoms with Crippen molar-refractivity contribution in [2.45, 2.75) is 26.3 Å². The fraction of sp³-hybridized carbons (Fsp3) is 0.364. The van der Waals surface area contributed by atoms with Gasteiger partial charge in [0.15, 0.2) is 11.5 Å². The van der Waals surface area contributed by atoms with Gasteiger partial charge >= 0.3 is 5.97 Å². The molecule has 90 valence electrons. The Morgan fingerprint density at radius 1 is 1.59 bits per heavy atom. The van der Waals surface area contributed by atoms with Gasteiger partial charge in [-0.05, 0) is 6.42 Å². The number of imidazole rings is 1. The largest absolute Gasteiger partial charge is 0.476 e. The van der Waals surface area contributed by atoms with Crippen LogP contribution in [0, 0.1) is 0 Å². The highest BCUT2D eigenvalue weighted by atomic mass is 16.5.